The molecule has 12 heteroatoms. The summed E-state index contributed by atoms with van der Waals surface area (Å²) in [6, 6.07) is -2.66. The Labute approximate surface area is 174 Å². The highest BCUT2D eigenvalue weighted by molar-refractivity contribution is 5.92. The van der Waals surface area contributed by atoms with Crippen LogP contribution in [-0.2, 0) is 24.0 Å². The van der Waals surface area contributed by atoms with Crippen LogP contribution in [0.4, 0.5) is 0 Å². The number of carbonyl (C=O) groups is 5. The normalized spacial score (nSPS) is 17.6. The summed E-state index contributed by atoms with van der Waals surface area (Å²) < 4.78 is 0. The smallest absolute Gasteiger partial charge is 0.326 e. The van der Waals surface area contributed by atoms with Crippen molar-refractivity contribution in [2.75, 3.05) is 19.6 Å². The lowest BCUT2D eigenvalue weighted by atomic mass is 10.1. The highest BCUT2D eigenvalue weighted by Gasteiger charge is 2.27. The SMILES string of the molecule is NCCCCC(NC(=O)C(CCC(N)=O)NC(=O)CNC(=O)C1CCCN1)C(=O)O. The van der Waals surface area contributed by atoms with Gasteiger partial charge in [-0.1, -0.05) is 0 Å². The Morgan fingerprint density at radius 2 is 1.80 bits per heavy atom. The average Bonchev–Trinajstić information content (AvgIpc) is 3.23. The third-order valence-corrected chi connectivity index (χ3v) is 4.69. The molecule has 4 amide bonds. The van der Waals surface area contributed by atoms with Crippen molar-refractivity contribution in [2.24, 2.45) is 11.5 Å². The lowest BCUT2D eigenvalue weighted by Crippen LogP contribution is -2.53. The van der Waals surface area contributed by atoms with E-state index in [0.717, 1.165) is 13.0 Å². The van der Waals surface area contributed by atoms with E-state index in [1.165, 1.54) is 0 Å². The Balaban J connectivity index is 2.63. The van der Waals surface area contributed by atoms with Crippen LogP contribution in [0, 0.1) is 0 Å². The second kappa shape index (κ2) is 13.5. The molecule has 0 spiro atoms. The Kier molecular flexibility index (Phi) is 11.4. The molecule has 0 bridgehead atoms. The van der Waals surface area contributed by atoms with Crippen LogP contribution in [0.1, 0.15) is 44.9 Å². The molecule has 0 saturated carbocycles. The van der Waals surface area contributed by atoms with Gasteiger partial charge in [0.05, 0.1) is 12.6 Å². The Hall–Kier alpha value is -2.73. The minimum absolute atomic E-state index is 0.0971. The van der Waals surface area contributed by atoms with Gasteiger partial charge < -0.3 is 37.8 Å². The van der Waals surface area contributed by atoms with Gasteiger partial charge in [-0.05, 0) is 51.6 Å². The summed E-state index contributed by atoms with van der Waals surface area (Å²) in [5.41, 5.74) is 10.5. The molecule has 0 aromatic heterocycles. The monoisotopic (exact) mass is 428 g/mol. The Bertz CT molecular complexity index is 622. The number of carboxylic acid groups (broad SMARTS) is 1. The highest BCUT2D eigenvalue weighted by Crippen LogP contribution is 2.05. The van der Waals surface area contributed by atoms with Crippen molar-refractivity contribution in [3.05, 3.63) is 0 Å². The van der Waals surface area contributed by atoms with E-state index in [4.69, 9.17) is 11.5 Å². The molecule has 1 rings (SSSR count). The fraction of sp³-hybridized carbons (Fsp3) is 0.722. The van der Waals surface area contributed by atoms with Crippen LogP contribution in [-0.4, -0.2) is 72.5 Å². The summed E-state index contributed by atoms with van der Waals surface area (Å²) in [4.78, 5) is 59.1. The van der Waals surface area contributed by atoms with E-state index in [1.807, 2.05) is 0 Å². The Morgan fingerprint density at radius 3 is 2.37 bits per heavy atom. The molecule has 0 aliphatic carbocycles. The van der Waals surface area contributed by atoms with Gasteiger partial charge in [0.25, 0.3) is 0 Å². The van der Waals surface area contributed by atoms with Gasteiger partial charge in [0.2, 0.25) is 23.6 Å². The van der Waals surface area contributed by atoms with Crippen LogP contribution in [0.25, 0.3) is 0 Å². The number of aliphatic carboxylic acids is 1. The topological polar surface area (TPSA) is 206 Å². The van der Waals surface area contributed by atoms with E-state index in [1.54, 1.807) is 0 Å². The summed E-state index contributed by atoms with van der Waals surface area (Å²) in [6.07, 6.45) is 2.57. The van der Waals surface area contributed by atoms with Gasteiger partial charge in [0.15, 0.2) is 0 Å². The summed E-state index contributed by atoms with van der Waals surface area (Å²) in [5.74, 6) is -3.57. The third kappa shape index (κ3) is 9.65. The summed E-state index contributed by atoms with van der Waals surface area (Å²) >= 11 is 0. The largest absolute Gasteiger partial charge is 0.480 e. The van der Waals surface area contributed by atoms with Gasteiger partial charge in [0, 0.05) is 6.42 Å². The molecule has 3 unspecified atom stereocenters. The molecule has 30 heavy (non-hydrogen) atoms. The van der Waals surface area contributed by atoms with Crippen molar-refractivity contribution in [2.45, 2.75) is 63.1 Å². The van der Waals surface area contributed by atoms with Gasteiger partial charge in [-0.3, -0.25) is 19.2 Å². The number of amides is 4. The lowest BCUT2D eigenvalue weighted by molar-refractivity contribution is -0.142. The van der Waals surface area contributed by atoms with Crippen LogP contribution in [0.2, 0.25) is 0 Å². The number of carbonyl (C=O) groups excluding carboxylic acids is 4. The van der Waals surface area contributed by atoms with Gasteiger partial charge in [-0.15, -0.1) is 0 Å². The lowest BCUT2D eigenvalue weighted by Gasteiger charge is -2.21. The predicted octanol–water partition coefficient (Wildman–Crippen LogP) is -2.70. The van der Waals surface area contributed by atoms with Gasteiger partial charge in [-0.25, -0.2) is 4.79 Å². The van der Waals surface area contributed by atoms with Crippen LogP contribution in [0.5, 0.6) is 0 Å². The average molecular weight is 428 g/mol. The molecule has 1 fully saturated rings. The molecule has 9 N–H and O–H groups in total. The standard InChI is InChI=1S/C18H32N6O6/c19-8-2-1-4-13(18(29)30)24-17(28)12(6-7-14(20)25)23-15(26)10-22-16(27)11-5-3-9-21-11/h11-13,21H,1-10,19H2,(H2,20,25)(H,22,27)(H,23,26)(H,24,28)(H,29,30). The molecule has 0 radical (unpaired) electrons. The van der Waals surface area contributed by atoms with E-state index in [0.29, 0.717) is 25.8 Å². The molecular weight excluding hydrogens is 396 g/mol. The second-order valence-electron chi connectivity index (χ2n) is 7.18. The van der Waals surface area contributed by atoms with Crippen molar-refractivity contribution in [1.82, 2.24) is 21.3 Å². The van der Waals surface area contributed by atoms with E-state index in [-0.39, 0.29) is 37.8 Å². The predicted molar refractivity (Wildman–Crippen MR) is 107 cm³/mol. The van der Waals surface area contributed by atoms with Crippen molar-refractivity contribution in [3.63, 3.8) is 0 Å². The van der Waals surface area contributed by atoms with Crippen molar-refractivity contribution >= 4 is 29.6 Å². The van der Waals surface area contributed by atoms with Crippen molar-refractivity contribution < 1.29 is 29.1 Å². The molecule has 12 nitrogen and oxygen atoms in total. The zero-order valence-electron chi connectivity index (χ0n) is 16.9. The number of nitrogens with one attached hydrogen (secondary N) is 4. The zero-order chi connectivity index (χ0) is 22.5. The maximum Gasteiger partial charge on any atom is 0.326 e. The second-order valence-corrected chi connectivity index (χ2v) is 7.18. The number of primary amides is 1. The first-order valence-corrected chi connectivity index (χ1v) is 10.1. The molecule has 170 valence electrons. The van der Waals surface area contributed by atoms with Crippen LogP contribution in [0.15, 0.2) is 0 Å². The molecule has 1 heterocycles. The van der Waals surface area contributed by atoms with E-state index >= 15 is 0 Å². The van der Waals surface area contributed by atoms with Gasteiger partial charge >= 0.3 is 5.97 Å². The number of nitrogens with two attached hydrogens (primary N) is 2. The molecule has 1 aliphatic heterocycles. The summed E-state index contributed by atoms with van der Waals surface area (Å²) in [7, 11) is 0. The van der Waals surface area contributed by atoms with E-state index in [2.05, 4.69) is 21.3 Å². The first kappa shape index (κ1) is 25.3. The zero-order valence-corrected chi connectivity index (χ0v) is 16.9. The fourth-order valence-corrected chi connectivity index (χ4v) is 3.02. The molecule has 1 saturated heterocycles. The number of unbranched alkanes of at least 4 members (excludes halogenated alkanes) is 1. The molecule has 0 aromatic rings. The maximum absolute atomic E-state index is 12.5. The van der Waals surface area contributed by atoms with Crippen molar-refractivity contribution in [3.8, 4) is 0 Å². The van der Waals surface area contributed by atoms with Crippen LogP contribution in [0.3, 0.4) is 0 Å². The first-order valence-electron chi connectivity index (χ1n) is 10.1. The maximum atomic E-state index is 12.5. The van der Waals surface area contributed by atoms with E-state index in [9.17, 15) is 29.1 Å². The quantitative estimate of drug-likeness (QED) is 0.145. The first-order chi connectivity index (χ1) is 14.2. The molecule has 3 atom stereocenters. The molecular formula is C18H32N6O6. The number of rotatable bonds is 14. The van der Waals surface area contributed by atoms with Crippen LogP contribution < -0.4 is 32.7 Å². The molecule has 1 aliphatic rings. The van der Waals surface area contributed by atoms with Crippen LogP contribution >= 0.6 is 0 Å². The third-order valence-electron chi connectivity index (χ3n) is 4.69. The van der Waals surface area contributed by atoms with Gasteiger partial charge in [-0.2, -0.15) is 0 Å². The summed E-state index contributed by atoms with van der Waals surface area (Å²) in [6.45, 7) is 0.783. The number of hydrogen-bond donors (Lipinski definition) is 7. The van der Waals surface area contributed by atoms with Gasteiger partial charge in [0.1, 0.15) is 12.1 Å². The Morgan fingerprint density at radius 1 is 1.07 bits per heavy atom. The fourth-order valence-electron chi connectivity index (χ4n) is 3.02. The molecule has 0 aromatic carbocycles. The highest BCUT2D eigenvalue weighted by atomic mass is 16.4. The minimum Gasteiger partial charge on any atom is -0.480 e. The van der Waals surface area contributed by atoms with E-state index < -0.39 is 35.8 Å². The number of hydrogen-bond acceptors (Lipinski definition) is 7. The van der Waals surface area contributed by atoms with Crippen molar-refractivity contribution in [1.29, 1.82) is 0 Å². The minimum atomic E-state index is -1.21. The number of carboxylic acids is 1. The summed E-state index contributed by atoms with van der Waals surface area (Å²) in [5, 5.41) is 19.6.